The summed E-state index contributed by atoms with van der Waals surface area (Å²) in [7, 11) is 0. The summed E-state index contributed by atoms with van der Waals surface area (Å²) < 4.78 is 60.1. The van der Waals surface area contributed by atoms with E-state index in [1.807, 2.05) is 12.1 Å². The quantitative estimate of drug-likeness (QED) is 0.0547. The first-order valence-electron chi connectivity index (χ1n) is 18.6. The number of carbonyl (C=O) groups excluding carboxylic acids is 1. The predicted octanol–water partition coefficient (Wildman–Crippen LogP) is 5.02. The van der Waals surface area contributed by atoms with E-state index in [2.05, 4.69) is 12.2 Å². The molecule has 0 unspecified atom stereocenters. The summed E-state index contributed by atoms with van der Waals surface area (Å²) >= 11 is 5.66. The molecule has 0 aliphatic carbocycles. The van der Waals surface area contributed by atoms with Gasteiger partial charge in [0.15, 0.2) is 0 Å². The molecule has 0 heterocycles. The number of halogens is 1. The Morgan fingerprint density at radius 2 is 0.824 bits per heavy atom. The molecule has 1 rings (SSSR count). The highest BCUT2D eigenvalue weighted by Gasteiger charge is 2.07. The average molecular weight is 752 g/mol. The van der Waals surface area contributed by atoms with Crippen LogP contribution in [0.15, 0.2) is 24.3 Å². The van der Waals surface area contributed by atoms with Crippen LogP contribution in [0.5, 0.6) is 0 Å². The summed E-state index contributed by atoms with van der Waals surface area (Å²) in [6.45, 7) is 13.5. The molecule has 0 fully saturated rings. The maximum absolute atomic E-state index is 12.1. The van der Waals surface area contributed by atoms with Crippen molar-refractivity contribution in [2.45, 2.75) is 45.4 Å². The van der Waals surface area contributed by atoms with Crippen LogP contribution in [0.4, 0.5) is 5.69 Å². The molecule has 51 heavy (non-hydrogen) atoms. The van der Waals surface area contributed by atoms with Gasteiger partial charge in [-0.3, -0.25) is 0 Å². The van der Waals surface area contributed by atoms with E-state index < -0.39 is 0 Å². The van der Waals surface area contributed by atoms with E-state index in [0.717, 1.165) is 56.8 Å². The van der Waals surface area contributed by atoms with Crippen molar-refractivity contribution in [2.24, 2.45) is 0 Å². The van der Waals surface area contributed by atoms with E-state index in [4.69, 9.17) is 63.7 Å². The number of ether oxygens (including phenoxy) is 11. The molecule has 0 radical (unpaired) electrons. The van der Waals surface area contributed by atoms with Crippen molar-refractivity contribution in [1.82, 2.24) is 0 Å². The summed E-state index contributed by atoms with van der Waals surface area (Å²) in [6, 6.07) is 7.29. The summed E-state index contributed by atoms with van der Waals surface area (Å²) in [5.41, 5.74) is 1.52. The molecule has 0 aromatic heterocycles. The molecule has 0 saturated heterocycles. The predicted molar refractivity (Wildman–Crippen MR) is 198 cm³/mol. The van der Waals surface area contributed by atoms with Gasteiger partial charge in [-0.25, -0.2) is 4.79 Å². The zero-order valence-corrected chi connectivity index (χ0v) is 31.8. The molecule has 0 spiro atoms. The Morgan fingerprint density at radius 3 is 1.20 bits per heavy atom. The summed E-state index contributed by atoms with van der Waals surface area (Å²) in [5.74, 6) is 0.380. The maximum Gasteiger partial charge on any atom is 0.338 e. The molecule has 0 saturated carbocycles. The van der Waals surface area contributed by atoms with Crippen LogP contribution < -0.4 is 5.32 Å². The fraction of sp³-hybridized carbons (Fsp3) is 0.811. The first-order chi connectivity index (χ1) is 25.3. The van der Waals surface area contributed by atoms with Crippen molar-refractivity contribution < 1.29 is 56.9 Å². The minimum Gasteiger partial charge on any atom is -0.460 e. The zero-order valence-electron chi connectivity index (χ0n) is 31.1. The lowest BCUT2D eigenvalue weighted by Gasteiger charge is -2.09. The van der Waals surface area contributed by atoms with Gasteiger partial charge in [0.05, 0.1) is 131 Å². The van der Waals surface area contributed by atoms with Crippen molar-refractivity contribution in [1.29, 1.82) is 0 Å². The van der Waals surface area contributed by atoms with Crippen molar-refractivity contribution in [3.05, 3.63) is 29.8 Å². The van der Waals surface area contributed by atoms with Crippen molar-refractivity contribution >= 4 is 23.3 Å². The third-order valence-corrected chi connectivity index (χ3v) is 7.23. The Morgan fingerprint density at radius 1 is 0.471 bits per heavy atom. The van der Waals surface area contributed by atoms with E-state index in [-0.39, 0.29) is 12.6 Å². The number of anilines is 1. The molecule has 298 valence electrons. The average Bonchev–Trinajstić information content (AvgIpc) is 3.15. The second-order valence-corrected chi connectivity index (χ2v) is 11.6. The van der Waals surface area contributed by atoms with Crippen LogP contribution in [-0.2, 0) is 52.1 Å². The third-order valence-electron chi connectivity index (χ3n) is 6.96. The lowest BCUT2D eigenvalue weighted by atomic mass is 10.2. The number of alkyl halides is 1. The van der Waals surface area contributed by atoms with Crippen molar-refractivity contribution in [3.8, 4) is 0 Å². The highest BCUT2D eigenvalue weighted by atomic mass is 35.5. The number of hydrogen-bond acceptors (Lipinski definition) is 13. The highest BCUT2D eigenvalue weighted by Crippen LogP contribution is 2.11. The molecule has 14 heteroatoms. The van der Waals surface area contributed by atoms with Crippen LogP contribution in [-0.4, -0.2) is 157 Å². The second-order valence-electron chi connectivity index (χ2n) is 11.2. The molecule has 0 bridgehead atoms. The first-order valence-corrected chi connectivity index (χ1v) is 19.2. The Hall–Kier alpha value is -1.62. The second kappa shape index (κ2) is 39.6. The number of benzene rings is 1. The SMILES string of the molecule is CCCCNc1ccc(C(=O)OCCOCCOCCOCCOCCOCCOCCOCCOCCOCCOCCCCCCCl)cc1. The fourth-order valence-corrected chi connectivity index (χ4v) is 4.33. The molecule has 0 amide bonds. The normalized spacial score (nSPS) is 11.3. The molecule has 1 aromatic rings. The molecule has 0 aliphatic heterocycles. The largest absolute Gasteiger partial charge is 0.460 e. The summed E-state index contributed by atoms with van der Waals surface area (Å²) in [4.78, 5) is 12.1. The number of unbranched alkanes of at least 4 members (excludes halogenated alkanes) is 4. The van der Waals surface area contributed by atoms with Gasteiger partial charge in [0.25, 0.3) is 0 Å². The van der Waals surface area contributed by atoms with Gasteiger partial charge >= 0.3 is 5.97 Å². The Labute approximate surface area is 311 Å². The smallest absolute Gasteiger partial charge is 0.338 e. The number of esters is 1. The standard InChI is InChI=1S/C37H66ClNO12/c1-2-3-13-39-36-10-8-35(9-11-36)37(40)51-34-33-50-32-31-49-30-29-48-28-27-47-26-25-46-24-23-45-22-21-44-20-19-43-18-17-42-16-15-41-14-7-5-4-6-12-38/h8-11,39H,2-7,12-34H2,1H3. The Kier molecular flexibility index (Phi) is 36.8. The van der Waals surface area contributed by atoms with Gasteiger partial charge in [-0.1, -0.05) is 26.2 Å². The van der Waals surface area contributed by atoms with Gasteiger partial charge in [0, 0.05) is 24.7 Å². The third kappa shape index (κ3) is 33.9. The molecular formula is C37H66ClNO12. The van der Waals surface area contributed by atoms with Gasteiger partial charge in [-0.2, -0.15) is 0 Å². The number of rotatable bonds is 41. The molecule has 1 N–H and O–H groups in total. The number of nitrogens with one attached hydrogen (secondary N) is 1. The number of hydrogen-bond donors (Lipinski definition) is 1. The fourth-order valence-electron chi connectivity index (χ4n) is 4.14. The highest BCUT2D eigenvalue weighted by molar-refractivity contribution is 6.17. The van der Waals surface area contributed by atoms with E-state index in [1.54, 1.807) is 12.1 Å². The minimum atomic E-state index is -0.360. The maximum atomic E-state index is 12.1. The Balaban J connectivity index is 1.68. The van der Waals surface area contributed by atoms with Gasteiger partial charge in [0.1, 0.15) is 6.61 Å². The van der Waals surface area contributed by atoms with Gasteiger partial charge in [0.2, 0.25) is 0 Å². The van der Waals surface area contributed by atoms with Crippen LogP contribution >= 0.6 is 11.6 Å². The number of carbonyl (C=O) groups is 1. The van der Waals surface area contributed by atoms with Crippen LogP contribution in [0.2, 0.25) is 0 Å². The summed E-state index contributed by atoms with van der Waals surface area (Å²) in [5, 5.41) is 3.32. The van der Waals surface area contributed by atoms with E-state index in [9.17, 15) is 4.79 Å². The van der Waals surface area contributed by atoms with Crippen LogP contribution in [0.3, 0.4) is 0 Å². The lowest BCUT2D eigenvalue weighted by molar-refractivity contribution is -0.0271. The lowest BCUT2D eigenvalue weighted by Crippen LogP contribution is -2.15. The Bertz CT molecular complexity index is 855. The van der Waals surface area contributed by atoms with E-state index in [1.165, 1.54) is 6.42 Å². The topological polar surface area (TPSA) is 131 Å². The van der Waals surface area contributed by atoms with Crippen LogP contribution in [0.1, 0.15) is 55.8 Å². The van der Waals surface area contributed by atoms with Gasteiger partial charge in [-0.05, 0) is 43.5 Å². The van der Waals surface area contributed by atoms with Gasteiger partial charge < -0.3 is 57.4 Å². The zero-order chi connectivity index (χ0) is 36.6. The van der Waals surface area contributed by atoms with Gasteiger partial charge in [-0.15, -0.1) is 11.6 Å². The monoisotopic (exact) mass is 751 g/mol. The minimum absolute atomic E-state index is 0.191. The van der Waals surface area contributed by atoms with Crippen molar-refractivity contribution in [2.75, 3.05) is 156 Å². The molecule has 0 atom stereocenters. The van der Waals surface area contributed by atoms with Crippen molar-refractivity contribution in [3.63, 3.8) is 0 Å². The van der Waals surface area contributed by atoms with E-state index >= 15 is 0 Å². The molecule has 13 nitrogen and oxygen atoms in total. The van der Waals surface area contributed by atoms with E-state index in [0.29, 0.717) is 131 Å². The molecular weight excluding hydrogens is 686 g/mol. The van der Waals surface area contributed by atoms with Crippen LogP contribution in [0, 0.1) is 0 Å². The molecule has 1 aromatic carbocycles. The summed E-state index contributed by atoms with van der Waals surface area (Å²) in [6.07, 6.45) is 6.73. The first kappa shape index (κ1) is 47.4. The molecule has 0 aliphatic rings. The van der Waals surface area contributed by atoms with Crippen LogP contribution in [0.25, 0.3) is 0 Å².